The number of amides is 1. The minimum atomic E-state index is -2.73. The summed E-state index contributed by atoms with van der Waals surface area (Å²) in [6.07, 6.45) is -0.212. The molecule has 1 aliphatic heterocycles. The number of anilines is 2. The minimum absolute atomic E-state index is 0.0758. The van der Waals surface area contributed by atoms with E-state index >= 15 is 0 Å². The van der Waals surface area contributed by atoms with E-state index in [0.717, 1.165) is 0 Å². The van der Waals surface area contributed by atoms with Crippen molar-refractivity contribution in [3.63, 3.8) is 0 Å². The van der Waals surface area contributed by atoms with E-state index < -0.39 is 5.92 Å². The molecule has 0 atom stereocenters. The van der Waals surface area contributed by atoms with Crippen molar-refractivity contribution < 1.29 is 18.4 Å². The van der Waals surface area contributed by atoms with Crippen LogP contribution < -0.4 is 10.2 Å². The lowest BCUT2D eigenvalue weighted by Gasteiger charge is -2.25. The van der Waals surface area contributed by atoms with Crippen LogP contribution in [0.4, 0.5) is 20.3 Å². The molecule has 28 heavy (non-hydrogen) atoms. The molecule has 148 valence electrons. The molecule has 1 saturated heterocycles. The fraction of sp³-hybridized carbons (Fsp3) is 0.381. The number of ketones is 1. The Morgan fingerprint density at radius 3 is 2.54 bits per heavy atom. The van der Waals surface area contributed by atoms with Crippen molar-refractivity contribution in [3.05, 3.63) is 53.2 Å². The lowest BCUT2D eigenvalue weighted by atomic mass is 10.1. The van der Waals surface area contributed by atoms with E-state index in [9.17, 15) is 18.4 Å². The number of hydrogen-bond acceptors (Lipinski definition) is 4. The van der Waals surface area contributed by atoms with Crippen LogP contribution >= 0.6 is 0 Å². The van der Waals surface area contributed by atoms with Gasteiger partial charge in [-0.3, -0.25) is 9.59 Å². The number of hydrogen-bond donors (Lipinski definition) is 1. The Labute approximate surface area is 162 Å². The summed E-state index contributed by atoms with van der Waals surface area (Å²) in [4.78, 5) is 30.9. The van der Waals surface area contributed by atoms with E-state index in [2.05, 4.69) is 10.3 Å². The Bertz CT molecular complexity index is 885. The van der Waals surface area contributed by atoms with Gasteiger partial charge in [0.2, 0.25) is 5.92 Å². The highest BCUT2D eigenvalue weighted by Crippen LogP contribution is 2.32. The van der Waals surface area contributed by atoms with Gasteiger partial charge in [0, 0.05) is 38.5 Å². The average molecular weight is 387 g/mol. The number of aryl methyl sites for hydroxylation is 1. The summed E-state index contributed by atoms with van der Waals surface area (Å²) < 4.78 is 27.6. The van der Waals surface area contributed by atoms with E-state index in [-0.39, 0.29) is 49.0 Å². The lowest BCUT2D eigenvalue weighted by molar-refractivity contribution is -0.0102. The smallest absolute Gasteiger partial charge is 0.259 e. The molecule has 5 nitrogen and oxygen atoms in total. The van der Waals surface area contributed by atoms with Gasteiger partial charge in [-0.2, -0.15) is 0 Å². The maximum Gasteiger partial charge on any atom is 0.259 e. The summed E-state index contributed by atoms with van der Waals surface area (Å²) >= 11 is 0. The van der Waals surface area contributed by atoms with Gasteiger partial charge in [-0.05, 0) is 37.1 Å². The summed E-state index contributed by atoms with van der Waals surface area (Å²) in [7, 11) is 0. The molecule has 0 radical (unpaired) electrons. The number of nitrogens with zero attached hydrogens (tertiary/aromatic N) is 2. The topological polar surface area (TPSA) is 62.3 Å². The van der Waals surface area contributed by atoms with E-state index in [1.54, 1.807) is 42.2 Å². The van der Waals surface area contributed by atoms with E-state index in [1.807, 2.05) is 6.07 Å². The molecule has 0 unspecified atom stereocenters. The van der Waals surface area contributed by atoms with Crippen molar-refractivity contribution in [2.45, 2.75) is 39.0 Å². The van der Waals surface area contributed by atoms with Crippen LogP contribution in [0.15, 0.2) is 36.4 Å². The van der Waals surface area contributed by atoms with Crippen molar-refractivity contribution in [2.75, 3.05) is 23.3 Å². The zero-order chi connectivity index (χ0) is 20.3. The number of carbonyl (C=O) groups excluding carboxylic acids is 2. The molecule has 1 aromatic heterocycles. The fourth-order valence-electron chi connectivity index (χ4n) is 3.34. The Morgan fingerprint density at radius 1 is 1.14 bits per heavy atom. The molecule has 0 bridgehead atoms. The second-order valence-electron chi connectivity index (χ2n) is 7.10. The maximum absolute atomic E-state index is 13.8. The first-order valence-corrected chi connectivity index (χ1v) is 9.28. The average Bonchev–Trinajstić information content (AvgIpc) is 2.82. The molecular formula is C21H23F2N3O2. The quantitative estimate of drug-likeness (QED) is 0.787. The number of halogens is 2. The minimum Gasteiger partial charge on any atom is -0.356 e. The normalized spacial score (nSPS) is 16.4. The summed E-state index contributed by atoms with van der Waals surface area (Å²) in [5.41, 5.74) is 1.73. The maximum atomic E-state index is 13.8. The molecule has 2 aromatic rings. The van der Waals surface area contributed by atoms with E-state index in [4.69, 9.17) is 0 Å². The zero-order valence-corrected chi connectivity index (χ0v) is 16.0. The standard InChI is InChI=1S/C21H23F2N3O2/c1-14-13-17(15(2)27)25-19(26-11-6-9-21(22,23)10-12-26)18(14)20(28)24-16-7-4-3-5-8-16/h3-5,7-8,13H,6,9-12H2,1-2H3,(H,24,28). The second kappa shape index (κ2) is 8.04. The first kappa shape index (κ1) is 19.9. The Kier molecular flexibility index (Phi) is 5.72. The van der Waals surface area contributed by atoms with Crippen LogP contribution in [0.25, 0.3) is 0 Å². The number of pyridine rings is 1. The van der Waals surface area contributed by atoms with E-state index in [0.29, 0.717) is 23.4 Å². The van der Waals surface area contributed by atoms with Gasteiger partial charge in [0.15, 0.2) is 5.78 Å². The highest BCUT2D eigenvalue weighted by atomic mass is 19.3. The Balaban J connectivity index is 2.00. The van der Waals surface area contributed by atoms with Gasteiger partial charge in [-0.1, -0.05) is 18.2 Å². The number of benzene rings is 1. The molecule has 1 aliphatic rings. The van der Waals surface area contributed by atoms with Crippen LogP contribution in [0.5, 0.6) is 0 Å². The van der Waals surface area contributed by atoms with Gasteiger partial charge in [0.1, 0.15) is 11.5 Å². The van der Waals surface area contributed by atoms with Gasteiger partial charge in [-0.25, -0.2) is 13.8 Å². The first-order chi connectivity index (χ1) is 13.3. The SMILES string of the molecule is CC(=O)c1cc(C)c(C(=O)Nc2ccccc2)c(N2CCCC(F)(F)CC2)n1. The van der Waals surface area contributed by atoms with Crippen molar-refractivity contribution in [2.24, 2.45) is 0 Å². The van der Waals surface area contributed by atoms with Gasteiger partial charge >= 0.3 is 0 Å². The molecule has 0 aliphatic carbocycles. The predicted octanol–water partition coefficient (Wildman–Crippen LogP) is 4.47. The van der Waals surface area contributed by atoms with Crippen LogP contribution in [0.1, 0.15) is 52.6 Å². The number of alkyl halides is 2. The zero-order valence-electron chi connectivity index (χ0n) is 16.0. The summed E-state index contributed by atoms with van der Waals surface area (Å²) in [5.74, 6) is -3.05. The third-order valence-corrected chi connectivity index (χ3v) is 4.83. The number of Topliss-reactive ketones (excluding diaryl/α,β-unsaturated/α-hetero) is 1. The molecule has 0 spiro atoms. The van der Waals surface area contributed by atoms with Gasteiger partial charge in [0.25, 0.3) is 5.91 Å². The number of carbonyl (C=O) groups is 2. The van der Waals surface area contributed by atoms with Gasteiger partial charge in [-0.15, -0.1) is 0 Å². The second-order valence-corrected chi connectivity index (χ2v) is 7.10. The van der Waals surface area contributed by atoms with Crippen LogP contribution in [0.3, 0.4) is 0 Å². The van der Waals surface area contributed by atoms with Crippen molar-refractivity contribution in [1.82, 2.24) is 4.98 Å². The largest absolute Gasteiger partial charge is 0.356 e. The molecule has 1 N–H and O–H groups in total. The number of nitrogens with one attached hydrogen (secondary N) is 1. The molecule has 7 heteroatoms. The molecule has 1 aromatic carbocycles. The number of aromatic nitrogens is 1. The molecular weight excluding hydrogens is 364 g/mol. The monoisotopic (exact) mass is 387 g/mol. The molecule has 1 amide bonds. The Morgan fingerprint density at radius 2 is 1.86 bits per heavy atom. The van der Waals surface area contributed by atoms with Crippen LogP contribution in [-0.4, -0.2) is 35.7 Å². The van der Waals surface area contributed by atoms with Gasteiger partial charge in [0.05, 0.1) is 5.56 Å². The van der Waals surface area contributed by atoms with Crippen molar-refractivity contribution >= 4 is 23.2 Å². The molecule has 1 fully saturated rings. The van der Waals surface area contributed by atoms with Crippen LogP contribution in [0.2, 0.25) is 0 Å². The summed E-state index contributed by atoms with van der Waals surface area (Å²) in [6, 6.07) is 10.5. The van der Waals surface area contributed by atoms with Crippen LogP contribution in [-0.2, 0) is 0 Å². The van der Waals surface area contributed by atoms with E-state index in [1.165, 1.54) is 6.92 Å². The summed E-state index contributed by atoms with van der Waals surface area (Å²) in [6.45, 7) is 3.55. The van der Waals surface area contributed by atoms with Gasteiger partial charge < -0.3 is 10.2 Å². The third kappa shape index (κ3) is 4.52. The number of rotatable bonds is 4. The van der Waals surface area contributed by atoms with Crippen molar-refractivity contribution in [3.8, 4) is 0 Å². The molecule has 0 saturated carbocycles. The lowest BCUT2D eigenvalue weighted by Crippen LogP contribution is -2.30. The van der Waals surface area contributed by atoms with Crippen LogP contribution in [0, 0.1) is 6.92 Å². The molecule has 2 heterocycles. The fourth-order valence-corrected chi connectivity index (χ4v) is 3.34. The number of para-hydroxylation sites is 1. The summed E-state index contributed by atoms with van der Waals surface area (Å²) in [5, 5.41) is 2.82. The first-order valence-electron chi connectivity index (χ1n) is 9.28. The Hall–Kier alpha value is -2.83. The van der Waals surface area contributed by atoms with Crippen molar-refractivity contribution in [1.29, 1.82) is 0 Å². The molecule has 3 rings (SSSR count). The third-order valence-electron chi connectivity index (χ3n) is 4.83. The predicted molar refractivity (Wildman–Crippen MR) is 104 cm³/mol. The highest BCUT2D eigenvalue weighted by Gasteiger charge is 2.33. The highest BCUT2D eigenvalue weighted by molar-refractivity contribution is 6.09.